The number of carbonyl (C=O) groups excluding carboxylic acids is 1. The van der Waals surface area contributed by atoms with Crippen LogP contribution in [0.1, 0.15) is 34.6 Å². The van der Waals surface area contributed by atoms with Gasteiger partial charge in [-0.15, -0.1) is 0 Å². The van der Waals surface area contributed by atoms with E-state index in [-0.39, 0.29) is 23.6 Å². The highest BCUT2D eigenvalue weighted by molar-refractivity contribution is 5.70. The first kappa shape index (κ1) is 20.3. The van der Waals surface area contributed by atoms with Crippen LogP contribution in [0, 0.1) is 5.41 Å². The Morgan fingerprint density at radius 3 is 2.24 bits per heavy atom. The number of carbonyl (C=O) groups is 1. The van der Waals surface area contributed by atoms with E-state index in [0.717, 1.165) is 0 Å². The van der Waals surface area contributed by atoms with Crippen LogP contribution in [0.3, 0.4) is 0 Å². The first-order valence-corrected chi connectivity index (χ1v) is 7.37. The molecular weight excluding hydrogens is 274 g/mol. The van der Waals surface area contributed by atoms with Crippen molar-refractivity contribution in [3.63, 3.8) is 0 Å². The Hall–Kier alpha value is -0.690. The standard InChI is InChI=1S/C15H31NO5/c1-6-20-13(17)9-18-10-14(2,3)11-19-12-15(4,5)21-8-7-16/h6-12,16H2,1-5H3. The Labute approximate surface area is 128 Å². The summed E-state index contributed by atoms with van der Waals surface area (Å²) in [6.45, 7) is 12.5. The molecule has 0 aromatic heterocycles. The number of nitrogens with two attached hydrogens (primary N) is 1. The van der Waals surface area contributed by atoms with Gasteiger partial charge >= 0.3 is 5.97 Å². The fourth-order valence-electron chi connectivity index (χ4n) is 1.60. The number of hydrogen-bond donors (Lipinski definition) is 1. The molecule has 0 saturated heterocycles. The number of ether oxygens (including phenoxy) is 4. The van der Waals surface area contributed by atoms with E-state index >= 15 is 0 Å². The van der Waals surface area contributed by atoms with E-state index in [4.69, 9.17) is 24.7 Å². The van der Waals surface area contributed by atoms with Crippen LogP contribution in [0.4, 0.5) is 0 Å². The molecule has 0 spiro atoms. The molecule has 0 atom stereocenters. The maximum Gasteiger partial charge on any atom is 0.332 e. The van der Waals surface area contributed by atoms with Crippen molar-refractivity contribution < 1.29 is 23.7 Å². The first-order valence-electron chi connectivity index (χ1n) is 7.37. The predicted octanol–water partition coefficient (Wildman–Crippen LogP) is 1.36. The fourth-order valence-corrected chi connectivity index (χ4v) is 1.60. The monoisotopic (exact) mass is 305 g/mol. The second-order valence-corrected chi connectivity index (χ2v) is 6.35. The largest absolute Gasteiger partial charge is 0.464 e. The van der Waals surface area contributed by atoms with Gasteiger partial charge in [0, 0.05) is 12.0 Å². The third kappa shape index (κ3) is 11.6. The topological polar surface area (TPSA) is 80.0 Å². The van der Waals surface area contributed by atoms with Crippen LogP contribution in [-0.2, 0) is 23.7 Å². The second kappa shape index (κ2) is 10.1. The van der Waals surface area contributed by atoms with Gasteiger partial charge in [0.2, 0.25) is 0 Å². The molecule has 0 aliphatic rings. The Balaban J connectivity index is 3.88. The van der Waals surface area contributed by atoms with Crippen LogP contribution in [-0.4, -0.2) is 57.8 Å². The van der Waals surface area contributed by atoms with Gasteiger partial charge in [-0.3, -0.25) is 0 Å². The number of rotatable bonds is 12. The minimum absolute atomic E-state index is 0.0254. The van der Waals surface area contributed by atoms with Gasteiger partial charge in [-0.2, -0.15) is 0 Å². The van der Waals surface area contributed by atoms with E-state index in [1.54, 1.807) is 6.92 Å². The lowest BCUT2D eigenvalue weighted by Crippen LogP contribution is -2.35. The minimum atomic E-state index is -0.360. The highest BCUT2D eigenvalue weighted by atomic mass is 16.6. The third-order valence-corrected chi connectivity index (χ3v) is 2.57. The zero-order valence-corrected chi connectivity index (χ0v) is 14.1. The van der Waals surface area contributed by atoms with Gasteiger partial charge in [-0.1, -0.05) is 13.8 Å². The van der Waals surface area contributed by atoms with Gasteiger partial charge in [0.25, 0.3) is 0 Å². The zero-order valence-electron chi connectivity index (χ0n) is 14.1. The summed E-state index contributed by atoms with van der Waals surface area (Å²) < 4.78 is 21.4. The molecule has 0 rings (SSSR count). The molecule has 21 heavy (non-hydrogen) atoms. The van der Waals surface area contributed by atoms with Crippen molar-refractivity contribution in [1.82, 2.24) is 0 Å². The number of hydrogen-bond acceptors (Lipinski definition) is 6. The van der Waals surface area contributed by atoms with E-state index < -0.39 is 0 Å². The van der Waals surface area contributed by atoms with E-state index in [1.807, 2.05) is 27.7 Å². The summed E-state index contributed by atoms with van der Waals surface area (Å²) in [6, 6.07) is 0. The molecule has 0 radical (unpaired) electrons. The van der Waals surface area contributed by atoms with Crippen LogP contribution in [0.15, 0.2) is 0 Å². The first-order chi connectivity index (χ1) is 9.72. The van der Waals surface area contributed by atoms with Crippen molar-refractivity contribution in [2.45, 2.75) is 40.2 Å². The molecule has 0 unspecified atom stereocenters. The third-order valence-electron chi connectivity index (χ3n) is 2.57. The lowest BCUT2D eigenvalue weighted by atomic mass is 9.96. The summed E-state index contributed by atoms with van der Waals surface area (Å²) in [7, 11) is 0. The van der Waals surface area contributed by atoms with Gasteiger partial charge in [0.1, 0.15) is 6.61 Å². The molecule has 0 saturated carbocycles. The Morgan fingerprint density at radius 1 is 1.05 bits per heavy atom. The average Bonchev–Trinajstić information content (AvgIpc) is 2.36. The molecule has 0 amide bonds. The lowest BCUT2D eigenvalue weighted by molar-refractivity contribution is -0.150. The molecule has 0 aromatic rings. The summed E-state index contributed by atoms with van der Waals surface area (Å²) in [4.78, 5) is 11.2. The molecular formula is C15H31NO5. The molecule has 0 bridgehead atoms. The molecule has 126 valence electrons. The van der Waals surface area contributed by atoms with Crippen molar-refractivity contribution in [3.8, 4) is 0 Å². The van der Waals surface area contributed by atoms with Crippen LogP contribution >= 0.6 is 0 Å². The van der Waals surface area contributed by atoms with E-state index in [2.05, 4.69) is 0 Å². The van der Waals surface area contributed by atoms with Gasteiger partial charge in [-0.25, -0.2) is 4.79 Å². The molecule has 0 aliphatic carbocycles. The quantitative estimate of drug-likeness (QED) is 0.548. The SMILES string of the molecule is CCOC(=O)COCC(C)(C)COCC(C)(C)OCCN. The molecule has 0 aromatic carbocycles. The van der Waals surface area contributed by atoms with Crippen LogP contribution < -0.4 is 5.73 Å². The molecule has 2 N–H and O–H groups in total. The van der Waals surface area contributed by atoms with Crippen molar-refractivity contribution in [1.29, 1.82) is 0 Å². The zero-order chi connectivity index (χ0) is 16.4. The highest BCUT2D eigenvalue weighted by Gasteiger charge is 2.23. The molecule has 0 aliphatic heterocycles. The Bertz CT molecular complexity index is 292. The van der Waals surface area contributed by atoms with Gasteiger partial charge in [0.15, 0.2) is 0 Å². The molecule has 6 nitrogen and oxygen atoms in total. The Morgan fingerprint density at radius 2 is 1.67 bits per heavy atom. The average molecular weight is 305 g/mol. The maximum absolute atomic E-state index is 11.2. The van der Waals surface area contributed by atoms with Gasteiger partial charge in [0.05, 0.1) is 38.6 Å². The van der Waals surface area contributed by atoms with E-state index in [0.29, 0.717) is 39.6 Å². The van der Waals surface area contributed by atoms with Gasteiger partial charge < -0.3 is 24.7 Å². The summed E-state index contributed by atoms with van der Waals surface area (Å²) in [5.74, 6) is -0.342. The predicted molar refractivity (Wildman–Crippen MR) is 81.1 cm³/mol. The van der Waals surface area contributed by atoms with Crippen molar-refractivity contribution >= 4 is 5.97 Å². The smallest absolute Gasteiger partial charge is 0.332 e. The van der Waals surface area contributed by atoms with Crippen LogP contribution in [0.2, 0.25) is 0 Å². The number of esters is 1. The second-order valence-electron chi connectivity index (χ2n) is 6.35. The highest BCUT2D eigenvalue weighted by Crippen LogP contribution is 2.18. The lowest BCUT2D eigenvalue weighted by Gasteiger charge is -2.29. The minimum Gasteiger partial charge on any atom is -0.464 e. The van der Waals surface area contributed by atoms with Crippen LogP contribution in [0.25, 0.3) is 0 Å². The summed E-state index contributed by atoms with van der Waals surface area (Å²) in [6.07, 6.45) is 0. The van der Waals surface area contributed by atoms with Gasteiger partial charge in [-0.05, 0) is 20.8 Å². The molecule has 0 fully saturated rings. The Kier molecular flexibility index (Phi) is 9.77. The summed E-state index contributed by atoms with van der Waals surface area (Å²) in [5, 5.41) is 0. The van der Waals surface area contributed by atoms with Crippen molar-refractivity contribution in [2.24, 2.45) is 11.1 Å². The normalized spacial score (nSPS) is 12.5. The summed E-state index contributed by atoms with van der Waals surface area (Å²) in [5.41, 5.74) is 4.87. The van der Waals surface area contributed by atoms with Crippen molar-refractivity contribution in [2.75, 3.05) is 46.2 Å². The van der Waals surface area contributed by atoms with E-state index in [1.165, 1.54) is 0 Å². The summed E-state index contributed by atoms with van der Waals surface area (Å²) >= 11 is 0. The van der Waals surface area contributed by atoms with Crippen molar-refractivity contribution in [3.05, 3.63) is 0 Å². The van der Waals surface area contributed by atoms with Crippen LogP contribution in [0.5, 0.6) is 0 Å². The molecule has 0 heterocycles. The van der Waals surface area contributed by atoms with E-state index in [9.17, 15) is 4.79 Å². The maximum atomic E-state index is 11.2. The fraction of sp³-hybridized carbons (Fsp3) is 0.933. The molecule has 6 heteroatoms.